The maximum absolute atomic E-state index is 12.0. The van der Waals surface area contributed by atoms with Crippen molar-refractivity contribution in [3.8, 4) is 5.75 Å². The number of phenols is 1. The molecule has 0 spiro atoms. The van der Waals surface area contributed by atoms with Crippen molar-refractivity contribution in [2.45, 2.75) is 37.8 Å². The largest absolute Gasteiger partial charge is 0.508 e. The second-order valence-corrected chi connectivity index (χ2v) is 5.49. The molecule has 19 heavy (non-hydrogen) atoms. The monoisotopic (exact) mass is 261 g/mol. The van der Waals surface area contributed by atoms with Gasteiger partial charge in [0.25, 0.3) is 0 Å². The van der Waals surface area contributed by atoms with E-state index in [4.69, 9.17) is 4.74 Å². The van der Waals surface area contributed by atoms with E-state index in [1.165, 1.54) is 0 Å². The Labute approximate surface area is 113 Å². The second kappa shape index (κ2) is 4.76. The van der Waals surface area contributed by atoms with Gasteiger partial charge in [0.05, 0.1) is 6.04 Å². The fourth-order valence-corrected chi connectivity index (χ4v) is 3.42. The number of carbonyl (C=O) groups is 1. The normalized spacial score (nSPS) is 30.7. The van der Waals surface area contributed by atoms with E-state index in [0.29, 0.717) is 0 Å². The van der Waals surface area contributed by atoms with Crippen molar-refractivity contribution in [1.29, 1.82) is 0 Å². The molecule has 1 aromatic rings. The van der Waals surface area contributed by atoms with Crippen molar-refractivity contribution in [2.24, 2.45) is 5.92 Å². The summed E-state index contributed by atoms with van der Waals surface area (Å²) in [4.78, 5) is 13.6. The summed E-state index contributed by atoms with van der Waals surface area (Å²) in [5.74, 6) is 0.545. The van der Waals surface area contributed by atoms with Crippen molar-refractivity contribution in [3.05, 3.63) is 29.8 Å². The molecular formula is C15H19NO3. The van der Waals surface area contributed by atoms with Gasteiger partial charge < -0.3 is 14.7 Å². The standard InChI is InChI=1S/C15H19NO3/c1-16-14(10-6-2-4-8-12(10)17)11-7-3-5-9-13(11)19-15(16)18/h2,4,6,8,11,13-14,17H,3,5,7,9H2,1H3. The third-order valence-electron chi connectivity index (χ3n) is 4.37. The van der Waals surface area contributed by atoms with Gasteiger partial charge in [0.15, 0.2) is 0 Å². The number of ether oxygens (including phenoxy) is 1. The van der Waals surface area contributed by atoms with Crippen LogP contribution in [0.4, 0.5) is 4.79 Å². The van der Waals surface area contributed by atoms with Crippen LogP contribution in [-0.4, -0.2) is 29.3 Å². The smallest absolute Gasteiger partial charge is 0.410 e. The Morgan fingerprint density at radius 1 is 1.26 bits per heavy atom. The number of phenolic OH excluding ortho intramolecular Hbond substituents is 1. The van der Waals surface area contributed by atoms with E-state index in [1.54, 1.807) is 24.1 Å². The molecule has 0 radical (unpaired) electrons. The Morgan fingerprint density at radius 2 is 2.00 bits per heavy atom. The average molecular weight is 261 g/mol. The van der Waals surface area contributed by atoms with Crippen LogP contribution in [0.15, 0.2) is 24.3 Å². The number of aromatic hydroxyl groups is 1. The highest BCUT2D eigenvalue weighted by Gasteiger charge is 2.44. The Morgan fingerprint density at radius 3 is 2.79 bits per heavy atom. The van der Waals surface area contributed by atoms with E-state index >= 15 is 0 Å². The van der Waals surface area contributed by atoms with Crippen LogP contribution < -0.4 is 0 Å². The number of carbonyl (C=O) groups excluding carboxylic acids is 1. The highest BCUT2D eigenvalue weighted by molar-refractivity contribution is 5.69. The first kappa shape index (κ1) is 12.3. The van der Waals surface area contributed by atoms with Gasteiger partial charge in [0.2, 0.25) is 0 Å². The molecule has 4 nitrogen and oxygen atoms in total. The summed E-state index contributed by atoms with van der Waals surface area (Å²) >= 11 is 0. The van der Waals surface area contributed by atoms with Crippen LogP contribution >= 0.6 is 0 Å². The zero-order chi connectivity index (χ0) is 13.4. The molecule has 1 N–H and O–H groups in total. The van der Waals surface area contributed by atoms with Crippen LogP contribution in [-0.2, 0) is 4.74 Å². The number of benzene rings is 1. The number of hydrogen-bond acceptors (Lipinski definition) is 3. The quantitative estimate of drug-likeness (QED) is 0.845. The van der Waals surface area contributed by atoms with Gasteiger partial charge in [0.1, 0.15) is 11.9 Å². The summed E-state index contributed by atoms with van der Waals surface area (Å²) in [6.07, 6.45) is 3.98. The van der Waals surface area contributed by atoms with E-state index in [1.807, 2.05) is 12.1 Å². The summed E-state index contributed by atoms with van der Waals surface area (Å²) in [6.45, 7) is 0. The van der Waals surface area contributed by atoms with Crippen LogP contribution in [0.3, 0.4) is 0 Å². The molecule has 102 valence electrons. The molecule has 3 rings (SSSR count). The minimum atomic E-state index is -0.281. The molecule has 0 bridgehead atoms. The number of rotatable bonds is 1. The zero-order valence-corrected chi connectivity index (χ0v) is 11.1. The van der Waals surface area contributed by atoms with E-state index in [-0.39, 0.29) is 29.9 Å². The third-order valence-corrected chi connectivity index (χ3v) is 4.37. The first-order chi connectivity index (χ1) is 9.18. The molecule has 3 unspecified atom stereocenters. The van der Waals surface area contributed by atoms with Gasteiger partial charge in [-0.15, -0.1) is 0 Å². The molecule has 0 aromatic heterocycles. The van der Waals surface area contributed by atoms with Crippen molar-refractivity contribution in [1.82, 2.24) is 4.90 Å². The van der Waals surface area contributed by atoms with Crippen LogP contribution in [0.2, 0.25) is 0 Å². The highest BCUT2D eigenvalue weighted by Crippen LogP contribution is 2.44. The van der Waals surface area contributed by atoms with Gasteiger partial charge in [0, 0.05) is 18.5 Å². The summed E-state index contributed by atoms with van der Waals surface area (Å²) in [5, 5.41) is 10.1. The summed E-state index contributed by atoms with van der Waals surface area (Å²) in [5.41, 5.74) is 0.832. The summed E-state index contributed by atoms with van der Waals surface area (Å²) in [6, 6.07) is 7.22. The van der Waals surface area contributed by atoms with Crippen LogP contribution in [0.25, 0.3) is 0 Å². The molecule has 1 saturated carbocycles. The molecule has 1 saturated heterocycles. The van der Waals surface area contributed by atoms with Crippen LogP contribution in [0.5, 0.6) is 5.75 Å². The molecule has 2 fully saturated rings. The van der Waals surface area contributed by atoms with Crippen molar-refractivity contribution in [3.63, 3.8) is 0 Å². The predicted octanol–water partition coefficient (Wildman–Crippen LogP) is 3.07. The van der Waals surface area contributed by atoms with Gasteiger partial charge in [-0.1, -0.05) is 24.6 Å². The zero-order valence-electron chi connectivity index (χ0n) is 11.1. The summed E-state index contributed by atoms with van der Waals surface area (Å²) in [7, 11) is 1.75. The lowest BCUT2D eigenvalue weighted by Gasteiger charge is -2.45. The summed E-state index contributed by atoms with van der Waals surface area (Å²) < 4.78 is 5.50. The highest BCUT2D eigenvalue weighted by atomic mass is 16.6. The fourth-order valence-electron chi connectivity index (χ4n) is 3.42. The van der Waals surface area contributed by atoms with E-state index < -0.39 is 0 Å². The van der Waals surface area contributed by atoms with Crippen molar-refractivity contribution in [2.75, 3.05) is 7.05 Å². The maximum Gasteiger partial charge on any atom is 0.410 e. The van der Waals surface area contributed by atoms with Gasteiger partial charge in [-0.25, -0.2) is 4.79 Å². The molecule has 1 aliphatic carbocycles. The van der Waals surface area contributed by atoms with Gasteiger partial charge in [-0.2, -0.15) is 0 Å². The molecule has 3 atom stereocenters. The SMILES string of the molecule is CN1C(=O)OC2CCCCC2C1c1ccccc1O. The van der Waals surface area contributed by atoms with E-state index in [2.05, 4.69) is 0 Å². The molecule has 2 aliphatic rings. The lowest BCUT2D eigenvalue weighted by atomic mass is 9.77. The molecular weight excluding hydrogens is 242 g/mol. The Hall–Kier alpha value is -1.71. The maximum atomic E-state index is 12.0. The predicted molar refractivity (Wildman–Crippen MR) is 70.8 cm³/mol. The number of amides is 1. The number of hydrogen-bond donors (Lipinski definition) is 1. The Kier molecular flexibility index (Phi) is 3.09. The number of fused-ring (bicyclic) bond motifs is 1. The Balaban J connectivity index is 2.00. The third kappa shape index (κ3) is 2.05. The second-order valence-electron chi connectivity index (χ2n) is 5.49. The number of nitrogens with zero attached hydrogens (tertiary/aromatic N) is 1. The average Bonchev–Trinajstić information content (AvgIpc) is 2.42. The van der Waals surface area contributed by atoms with E-state index in [0.717, 1.165) is 31.2 Å². The van der Waals surface area contributed by atoms with Crippen LogP contribution in [0.1, 0.15) is 37.3 Å². The Bertz CT molecular complexity index is 488. The van der Waals surface area contributed by atoms with Gasteiger partial charge in [-0.3, -0.25) is 0 Å². The minimum absolute atomic E-state index is 0.00190. The molecule has 4 heteroatoms. The lowest BCUT2D eigenvalue weighted by molar-refractivity contribution is -0.0547. The lowest BCUT2D eigenvalue weighted by Crippen LogP contribution is -2.49. The molecule has 1 amide bonds. The van der Waals surface area contributed by atoms with E-state index in [9.17, 15) is 9.90 Å². The molecule has 1 heterocycles. The van der Waals surface area contributed by atoms with Gasteiger partial charge >= 0.3 is 6.09 Å². The first-order valence-electron chi connectivity index (χ1n) is 6.90. The topological polar surface area (TPSA) is 49.8 Å². The molecule has 1 aliphatic heterocycles. The van der Waals surface area contributed by atoms with Gasteiger partial charge in [-0.05, 0) is 25.3 Å². The molecule has 1 aromatic carbocycles. The van der Waals surface area contributed by atoms with Crippen molar-refractivity contribution >= 4 is 6.09 Å². The van der Waals surface area contributed by atoms with Crippen LogP contribution in [0, 0.1) is 5.92 Å². The first-order valence-corrected chi connectivity index (χ1v) is 6.90. The minimum Gasteiger partial charge on any atom is -0.508 e. The van der Waals surface area contributed by atoms with Crippen molar-refractivity contribution < 1.29 is 14.6 Å². The number of para-hydroxylation sites is 1. The fraction of sp³-hybridized carbons (Fsp3) is 0.533.